The molecule has 0 aromatic carbocycles. The number of nitrogens with one attached hydrogen (secondary N) is 1. The Morgan fingerprint density at radius 1 is 1.32 bits per heavy atom. The van der Waals surface area contributed by atoms with Crippen LogP contribution in [0.2, 0.25) is 0 Å². The molecular weight excluding hydrogens is 238 g/mol. The molecule has 0 aliphatic carbocycles. The Bertz CT molecular complexity index is 456. The molecule has 1 N–H and O–H groups in total. The van der Waals surface area contributed by atoms with Gasteiger partial charge in [0.2, 0.25) is 0 Å². The fourth-order valence-electron chi connectivity index (χ4n) is 1.96. The number of rotatable bonds is 7. The van der Waals surface area contributed by atoms with Crippen molar-refractivity contribution in [3.05, 3.63) is 54.2 Å². The summed E-state index contributed by atoms with van der Waals surface area (Å²) in [5.74, 6) is 0.979. The van der Waals surface area contributed by atoms with Gasteiger partial charge < -0.3 is 9.73 Å². The maximum atomic E-state index is 5.36. The van der Waals surface area contributed by atoms with Crippen LogP contribution in [-0.2, 0) is 6.54 Å². The molecule has 0 saturated heterocycles. The fraction of sp³-hybridized carbons (Fsp3) is 0.400. The minimum atomic E-state index is 0.248. The molecule has 0 aliphatic rings. The van der Waals surface area contributed by atoms with Crippen LogP contribution in [0.25, 0.3) is 0 Å². The summed E-state index contributed by atoms with van der Waals surface area (Å²) >= 11 is 0. The van der Waals surface area contributed by atoms with Gasteiger partial charge in [0.25, 0.3) is 0 Å². The molecule has 0 spiro atoms. The molecule has 2 rings (SSSR count). The SMILES string of the molecule is CC(NCCN(C)Cc1ccccn1)c1ccco1. The Morgan fingerprint density at radius 3 is 2.89 bits per heavy atom. The van der Waals surface area contributed by atoms with Gasteiger partial charge in [-0.2, -0.15) is 0 Å². The first-order valence-corrected chi connectivity index (χ1v) is 6.61. The quantitative estimate of drug-likeness (QED) is 0.829. The molecule has 2 aromatic heterocycles. The van der Waals surface area contributed by atoms with Crippen molar-refractivity contribution in [1.82, 2.24) is 15.2 Å². The maximum absolute atomic E-state index is 5.36. The van der Waals surface area contributed by atoms with Crippen LogP contribution in [0.1, 0.15) is 24.4 Å². The van der Waals surface area contributed by atoms with E-state index in [2.05, 4.69) is 35.2 Å². The Labute approximate surface area is 114 Å². The molecule has 2 aromatic rings. The molecule has 0 radical (unpaired) electrons. The average molecular weight is 259 g/mol. The third-order valence-electron chi connectivity index (χ3n) is 3.07. The van der Waals surface area contributed by atoms with Crippen LogP contribution in [0.5, 0.6) is 0 Å². The van der Waals surface area contributed by atoms with Crippen molar-refractivity contribution >= 4 is 0 Å². The monoisotopic (exact) mass is 259 g/mol. The second-order valence-corrected chi connectivity index (χ2v) is 4.75. The lowest BCUT2D eigenvalue weighted by Crippen LogP contribution is -2.30. The molecule has 1 unspecified atom stereocenters. The summed E-state index contributed by atoms with van der Waals surface area (Å²) in [6.45, 7) is 4.88. The van der Waals surface area contributed by atoms with Crippen molar-refractivity contribution in [3.8, 4) is 0 Å². The zero-order valence-electron chi connectivity index (χ0n) is 11.5. The number of hydrogen-bond donors (Lipinski definition) is 1. The van der Waals surface area contributed by atoms with E-state index in [0.29, 0.717) is 0 Å². The largest absolute Gasteiger partial charge is 0.468 e. The molecular formula is C15H21N3O. The van der Waals surface area contributed by atoms with E-state index in [-0.39, 0.29) is 6.04 Å². The van der Waals surface area contributed by atoms with Gasteiger partial charge >= 0.3 is 0 Å². The van der Waals surface area contributed by atoms with E-state index >= 15 is 0 Å². The summed E-state index contributed by atoms with van der Waals surface area (Å²) in [5.41, 5.74) is 1.10. The van der Waals surface area contributed by atoms with E-state index in [1.165, 1.54) is 0 Å². The van der Waals surface area contributed by atoms with Crippen LogP contribution >= 0.6 is 0 Å². The first-order valence-electron chi connectivity index (χ1n) is 6.61. The summed E-state index contributed by atoms with van der Waals surface area (Å²) < 4.78 is 5.36. The van der Waals surface area contributed by atoms with Gasteiger partial charge in [-0.25, -0.2) is 0 Å². The molecule has 19 heavy (non-hydrogen) atoms. The van der Waals surface area contributed by atoms with Crippen LogP contribution in [0.4, 0.5) is 0 Å². The average Bonchev–Trinajstić information content (AvgIpc) is 2.93. The fourth-order valence-corrected chi connectivity index (χ4v) is 1.96. The number of likely N-dealkylation sites (N-methyl/N-ethyl adjacent to an activating group) is 1. The summed E-state index contributed by atoms with van der Waals surface area (Å²) in [5, 5.41) is 3.45. The first-order chi connectivity index (χ1) is 9.25. The van der Waals surface area contributed by atoms with Crippen LogP contribution in [0.3, 0.4) is 0 Å². The smallest absolute Gasteiger partial charge is 0.120 e. The van der Waals surface area contributed by atoms with Crippen LogP contribution < -0.4 is 5.32 Å². The van der Waals surface area contributed by atoms with E-state index in [1.807, 2.05) is 30.5 Å². The van der Waals surface area contributed by atoms with E-state index < -0.39 is 0 Å². The summed E-state index contributed by atoms with van der Waals surface area (Å²) in [7, 11) is 2.11. The number of pyridine rings is 1. The standard InChI is InChI=1S/C15H21N3O/c1-13(15-7-5-11-19-15)16-9-10-18(2)12-14-6-3-4-8-17-14/h3-8,11,13,16H,9-10,12H2,1-2H3. The van der Waals surface area contributed by atoms with E-state index in [4.69, 9.17) is 4.42 Å². The molecule has 0 amide bonds. The van der Waals surface area contributed by atoms with Gasteiger partial charge in [-0.1, -0.05) is 6.07 Å². The molecule has 1 atom stereocenters. The van der Waals surface area contributed by atoms with Gasteiger partial charge in [-0.05, 0) is 38.2 Å². The predicted octanol–water partition coefficient (Wildman–Crippen LogP) is 2.46. The van der Waals surface area contributed by atoms with Gasteiger partial charge in [0.1, 0.15) is 5.76 Å². The van der Waals surface area contributed by atoms with Gasteiger partial charge in [0.15, 0.2) is 0 Å². The number of furan rings is 1. The topological polar surface area (TPSA) is 41.3 Å². The number of hydrogen-bond acceptors (Lipinski definition) is 4. The lowest BCUT2D eigenvalue weighted by molar-refractivity contribution is 0.310. The minimum Gasteiger partial charge on any atom is -0.468 e. The van der Waals surface area contributed by atoms with Crippen molar-refractivity contribution < 1.29 is 4.42 Å². The van der Waals surface area contributed by atoms with Crippen molar-refractivity contribution in [2.24, 2.45) is 0 Å². The van der Waals surface area contributed by atoms with Gasteiger partial charge in [-0.3, -0.25) is 9.88 Å². The molecule has 102 valence electrons. The Kier molecular flexibility index (Phi) is 5.12. The van der Waals surface area contributed by atoms with Gasteiger partial charge in [0, 0.05) is 25.8 Å². The molecule has 4 heteroatoms. The summed E-state index contributed by atoms with van der Waals surface area (Å²) in [6.07, 6.45) is 3.54. The van der Waals surface area contributed by atoms with Crippen LogP contribution in [0.15, 0.2) is 47.2 Å². The molecule has 2 heterocycles. The van der Waals surface area contributed by atoms with Crippen molar-refractivity contribution in [3.63, 3.8) is 0 Å². The van der Waals surface area contributed by atoms with Gasteiger partial charge in [-0.15, -0.1) is 0 Å². The Balaban J connectivity index is 1.68. The zero-order chi connectivity index (χ0) is 13.5. The molecule has 0 fully saturated rings. The lowest BCUT2D eigenvalue weighted by atomic mass is 10.2. The maximum Gasteiger partial charge on any atom is 0.120 e. The Morgan fingerprint density at radius 2 is 2.21 bits per heavy atom. The second kappa shape index (κ2) is 7.07. The predicted molar refractivity (Wildman–Crippen MR) is 75.7 cm³/mol. The normalized spacial score (nSPS) is 12.8. The number of aromatic nitrogens is 1. The Hall–Kier alpha value is -1.65. The van der Waals surface area contributed by atoms with Crippen molar-refractivity contribution in [2.75, 3.05) is 20.1 Å². The second-order valence-electron chi connectivity index (χ2n) is 4.75. The highest BCUT2D eigenvalue weighted by molar-refractivity contribution is 5.04. The van der Waals surface area contributed by atoms with Crippen LogP contribution in [0, 0.1) is 0 Å². The minimum absolute atomic E-state index is 0.248. The number of nitrogens with zero attached hydrogens (tertiary/aromatic N) is 2. The molecule has 0 bridgehead atoms. The third kappa shape index (κ3) is 4.50. The van der Waals surface area contributed by atoms with Crippen molar-refractivity contribution in [1.29, 1.82) is 0 Å². The van der Waals surface area contributed by atoms with E-state index in [9.17, 15) is 0 Å². The first kappa shape index (κ1) is 13.8. The highest BCUT2D eigenvalue weighted by Crippen LogP contribution is 2.11. The summed E-state index contributed by atoms with van der Waals surface area (Å²) in [6, 6.07) is 10.2. The van der Waals surface area contributed by atoms with E-state index in [1.54, 1.807) is 6.26 Å². The highest BCUT2D eigenvalue weighted by Gasteiger charge is 2.07. The van der Waals surface area contributed by atoms with Crippen LogP contribution in [-0.4, -0.2) is 30.0 Å². The molecule has 0 saturated carbocycles. The zero-order valence-corrected chi connectivity index (χ0v) is 11.5. The van der Waals surface area contributed by atoms with E-state index in [0.717, 1.165) is 31.1 Å². The van der Waals surface area contributed by atoms with Crippen molar-refractivity contribution in [2.45, 2.75) is 19.5 Å². The third-order valence-corrected chi connectivity index (χ3v) is 3.07. The molecule has 0 aliphatic heterocycles. The lowest BCUT2D eigenvalue weighted by Gasteiger charge is -2.18. The molecule has 4 nitrogen and oxygen atoms in total. The van der Waals surface area contributed by atoms with Gasteiger partial charge in [0.05, 0.1) is 18.0 Å². The highest BCUT2D eigenvalue weighted by atomic mass is 16.3. The summed E-state index contributed by atoms with van der Waals surface area (Å²) in [4.78, 5) is 6.58.